The number of alkyl halides is 3. The van der Waals surface area contributed by atoms with Gasteiger partial charge in [0.15, 0.2) is 0 Å². The van der Waals surface area contributed by atoms with E-state index in [1.54, 1.807) is 6.07 Å². The first-order valence-electron chi connectivity index (χ1n) is 7.89. The second-order valence-corrected chi connectivity index (χ2v) is 5.84. The number of hydrogen-bond acceptors (Lipinski definition) is 2. The molecule has 0 fully saturated rings. The molecule has 0 aromatic heterocycles. The molecular weight excluding hydrogens is 307 g/mol. The molecule has 0 radical (unpaired) electrons. The number of unbranched alkanes of at least 4 members (excludes halogenated alkanes) is 1. The van der Waals surface area contributed by atoms with Gasteiger partial charge < -0.3 is 10.4 Å². The summed E-state index contributed by atoms with van der Waals surface area (Å²) in [4.78, 5) is 11.2. The molecular formula is C17H24F3NO2. The van der Waals surface area contributed by atoms with Crippen molar-refractivity contribution >= 4 is 5.97 Å². The van der Waals surface area contributed by atoms with E-state index in [4.69, 9.17) is 0 Å². The van der Waals surface area contributed by atoms with E-state index in [1.807, 2.05) is 13.8 Å². The monoisotopic (exact) mass is 331 g/mol. The average molecular weight is 331 g/mol. The standard InChI is InChI=1S/C17H24F3NO2/c1-3-4-8-15(16(22)23)21-12(2)9-10-13-6-5-7-14(11-13)17(18,19)20/h5-7,11-12,15,21H,3-4,8-10H2,1-2H3,(H,22,23)/t12?,15-/m0/s1. The fourth-order valence-electron chi connectivity index (χ4n) is 2.40. The SMILES string of the molecule is CCCC[C@H](NC(C)CCc1cccc(C(F)(F)F)c1)C(=O)O. The highest BCUT2D eigenvalue weighted by Crippen LogP contribution is 2.29. The predicted octanol–water partition coefficient (Wildman–Crippen LogP) is 4.26. The van der Waals surface area contributed by atoms with Crippen molar-refractivity contribution in [3.05, 3.63) is 35.4 Å². The summed E-state index contributed by atoms with van der Waals surface area (Å²) in [5.74, 6) is -0.885. The van der Waals surface area contributed by atoms with E-state index in [0.717, 1.165) is 25.0 Å². The van der Waals surface area contributed by atoms with Crippen LogP contribution < -0.4 is 5.32 Å². The van der Waals surface area contributed by atoms with Crippen LogP contribution in [0.2, 0.25) is 0 Å². The highest BCUT2D eigenvalue weighted by Gasteiger charge is 2.30. The lowest BCUT2D eigenvalue weighted by atomic mass is 10.0. The first kappa shape index (κ1) is 19.5. The van der Waals surface area contributed by atoms with Gasteiger partial charge in [-0.1, -0.05) is 38.0 Å². The molecule has 1 aromatic rings. The topological polar surface area (TPSA) is 49.3 Å². The van der Waals surface area contributed by atoms with Gasteiger partial charge in [-0.15, -0.1) is 0 Å². The van der Waals surface area contributed by atoms with Crippen molar-refractivity contribution in [2.45, 2.75) is 64.2 Å². The molecule has 0 saturated heterocycles. The Hall–Kier alpha value is -1.56. The first-order valence-corrected chi connectivity index (χ1v) is 7.89. The third-order valence-electron chi connectivity index (χ3n) is 3.75. The van der Waals surface area contributed by atoms with Crippen molar-refractivity contribution in [3.63, 3.8) is 0 Å². The Morgan fingerprint density at radius 3 is 2.57 bits per heavy atom. The smallest absolute Gasteiger partial charge is 0.416 e. The van der Waals surface area contributed by atoms with Crippen molar-refractivity contribution in [1.82, 2.24) is 5.32 Å². The zero-order chi connectivity index (χ0) is 17.5. The van der Waals surface area contributed by atoms with Gasteiger partial charge in [-0.05, 0) is 37.8 Å². The quantitative estimate of drug-likeness (QED) is 0.711. The van der Waals surface area contributed by atoms with Crippen molar-refractivity contribution < 1.29 is 23.1 Å². The van der Waals surface area contributed by atoms with Crippen LogP contribution in [-0.4, -0.2) is 23.2 Å². The van der Waals surface area contributed by atoms with Crippen molar-refractivity contribution in [2.75, 3.05) is 0 Å². The molecule has 3 nitrogen and oxygen atoms in total. The Labute approximate surface area is 134 Å². The van der Waals surface area contributed by atoms with E-state index in [9.17, 15) is 23.1 Å². The van der Waals surface area contributed by atoms with Gasteiger partial charge in [-0.25, -0.2) is 0 Å². The van der Waals surface area contributed by atoms with Gasteiger partial charge >= 0.3 is 12.1 Å². The molecule has 1 aromatic carbocycles. The maximum Gasteiger partial charge on any atom is 0.416 e. The molecule has 0 aliphatic carbocycles. The summed E-state index contributed by atoms with van der Waals surface area (Å²) in [5.41, 5.74) is -0.0455. The van der Waals surface area contributed by atoms with E-state index in [1.165, 1.54) is 6.07 Å². The molecule has 0 amide bonds. The summed E-state index contributed by atoms with van der Waals surface area (Å²) in [7, 11) is 0. The molecule has 23 heavy (non-hydrogen) atoms. The van der Waals surface area contributed by atoms with Gasteiger partial charge in [-0.3, -0.25) is 4.79 Å². The van der Waals surface area contributed by atoms with Gasteiger partial charge in [0.05, 0.1) is 5.56 Å². The molecule has 2 N–H and O–H groups in total. The van der Waals surface area contributed by atoms with Crippen molar-refractivity contribution in [3.8, 4) is 0 Å². The van der Waals surface area contributed by atoms with Crippen LogP contribution in [0.25, 0.3) is 0 Å². The summed E-state index contributed by atoms with van der Waals surface area (Å²) in [6.45, 7) is 3.85. The predicted molar refractivity (Wildman–Crippen MR) is 83.3 cm³/mol. The van der Waals surface area contributed by atoms with E-state index >= 15 is 0 Å². The zero-order valence-electron chi connectivity index (χ0n) is 13.5. The third-order valence-corrected chi connectivity index (χ3v) is 3.75. The minimum atomic E-state index is -4.34. The lowest BCUT2D eigenvalue weighted by Gasteiger charge is -2.20. The van der Waals surface area contributed by atoms with Gasteiger partial charge in [0.25, 0.3) is 0 Å². The molecule has 2 atom stereocenters. The molecule has 0 aliphatic rings. The Kier molecular flexibility index (Phi) is 7.55. The summed E-state index contributed by atoms with van der Waals surface area (Å²) >= 11 is 0. The Morgan fingerprint density at radius 2 is 2.00 bits per heavy atom. The molecule has 1 unspecified atom stereocenters. The number of carboxylic acids is 1. The van der Waals surface area contributed by atoms with Crippen LogP contribution in [0, 0.1) is 0 Å². The Morgan fingerprint density at radius 1 is 1.30 bits per heavy atom. The third kappa shape index (κ3) is 7.03. The number of hydrogen-bond donors (Lipinski definition) is 2. The number of carboxylic acid groups (broad SMARTS) is 1. The Bertz CT molecular complexity index is 503. The van der Waals surface area contributed by atoms with Crippen LogP contribution in [0.1, 0.15) is 50.7 Å². The normalized spacial score (nSPS) is 14.5. The maximum absolute atomic E-state index is 12.7. The summed E-state index contributed by atoms with van der Waals surface area (Å²) in [6, 6.07) is 4.58. The fraction of sp³-hybridized carbons (Fsp3) is 0.588. The maximum atomic E-state index is 12.7. The van der Waals surface area contributed by atoms with E-state index in [-0.39, 0.29) is 6.04 Å². The number of nitrogens with one attached hydrogen (secondary N) is 1. The van der Waals surface area contributed by atoms with Crippen LogP contribution in [0.3, 0.4) is 0 Å². The number of rotatable bonds is 9. The van der Waals surface area contributed by atoms with Crippen LogP contribution in [0.4, 0.5) is 13.2 Å². The molecule has 1 rings (SSSR count). The second-order valence-electron chi connectivity index (χ2n) is 5.84. The highest BCUT2D eigenvalue weighted by atomic mass is 19.4. The molecule has 0 aliphatic heterocycles. The first-order chi connectivity index (χ1) is 10.7. The van der Waals surface area contributed by atoms with Gasteiger partial charge in [0.2, 0.25) is 0 Å². The number of carbonyl (C=O) groups is 1. The summed E-state index contributed by atoms with van der Waals surface area (Å²) in [5, 5.41) is 12.2. The molecule has 6 heteroatoms. The number of aliphatic carboxylic acids is 1. The fourth-order valence-corrected chi connectivity index (χ4v) is 2.40. The summed E-state index contributed by atoms with van der Waals surface area (Å²) in [6.07, 6.45) is -0.988. The molecule has 0 spiro atoms. The van der Waals surface area contributed by atoms with E-state index in [2.05, 4.69) is 5.32 Å². The highest BCUT2D eigenvalue weighted by molar-refractivity contribution is 5.73. The number of benzene rings is 1. The lowest BCUT2D eigenvalue weighted by Crippen LogP contribution is -2.42. The molecule has 0 saturated carbocycles. The zero-order valence-corrected chi connectivity index (χ0v) is 13.5. The molecule has 130 valence electrons. The van der Waals surface area contributed by atoms with Crippen molar-refractivity contribution in [1.29, 1.82) is 0 Å². The number of aryl methyl sites for hydroxylation is 1. The van der Waals surface area contributed by atoms with Gasteiger partial charge in [0, 0.05) is 6.04 Å². The van der Waals surface area contributed by atoms with Crippen LogP contribution in [0.5, 0.6) is 0 Å². The molecule has 0 heterocycles. The average Bonchev–Trinajstić information content (AvgIpc) is 2.48. The summed E-state index contributed by atoms with van der Waals surface area (Å²) < 4.78 is 38.0. The number of halogens is 3. The second kappa shape index (κ2) is 8.91. The van der Waals surface area contributed by atoms with Gasteiger partial charge in [-0.2, -0.15) is 13.2 Å². The molecule has 0 bridgehead atoms. The van der Waals surface area contributed by atoms with Crippen LogP contribution in [0.15, 0.2) is 24.3 Å². The van der Waals surface area contributed by atoms with Crippen LogP contribution >= 0.6 is 0 Å². The minimum absolute atomic E-state index is 0.0810. The van der Waals surface area contributed by atoms with Gasteiger partial charge in [0.1, 0.15) is 6.04 Å². The lowest BCUT2D eigenvalue weighted by molar-refractivity contribution is -0.140. The van der Waals surface area contributed by atoms with E-state index in [0.29, 0.717) is 24.8 Å². The van der Waals surface area contributed by atoms with E-state index < -0.39 is 23.8 Å². The van der Waals surface area contributed by atoms with Crippen LogP contribution in [-0.2, 0) is 17.4 Å². The van der Waals surface area contributed by atoms with Crippen molar-refractivity contribution in [2.24, 2.45) is 0 Å². The Balaban J connectivity index is 2.55. The minimum Gasteiger partial charge on any atom is -0.480 e. The largest absolute Gasteiger partial charge is 0.480 e.